The van der Waals surface area contributed by atoms with Crippen molar-refractivity contribution in [3.8, 4) is 0 Å². The van der Waals surface area contributed by atoms with Crippen LogP contribution in [0.15, 0.2) is 58.8 Å². The molecule has 112 valence electrons. The largest absolute Gasteiger partial charge is 0.391 e. The Morgan fingerprint density at radius 1 is 0.636 bits per heavy atom. The molecule has 1 aliphatic rings. The van der Waals surface area contributed by atoms with Gasteiger partial charge in [0, 0.05) is 21.2 Å². The van der Waals surface area contributed by atoms with Gasteiger partial charge in [-0.2, -0.15) is 0 Å². The summed E-state index contributed by atoms with van der Waals surface area (Å²) in [6.07, 6.45) is 0. The van der Waals surface area contributed by atoms with Crippen LogP contribution < -0.4 is 0 Å². The van der Waals surface area contributed by atoms with Crippen LogP contribution in [0, 0.1) is 0 Å². The van der Waals surface area contributed by atoms with Gasteiger partial charge in [0.25, 0.3) is 0 Å². The van der Waals surface area contributed by atoms with Crippen molar-refractivity contribution in [1.29, 1.82) is 0 Å². The van der Waals surface area contributed by atoms with Gasteiger partial charge in [-0.3, -0.25) is 0 Å². The predicted molar refractivity (Wildman–Crippen MR) is 87.9 cm³/mol. The number of benzene rings is 2. The minimum atomic E-state index is 0.342. The zero-order valence-electron chi connectivity index (χ0n) is 11.5. The summed E-state index contributed by atoms with van der Waals surface area (Å²) in [4.78, 5) is 10.5. The van der Waals surface area contributed by atoms with Gasteiger partial charge in [0.2, 0.25) is 0 Å². The average Bonchev–Trinajstić information content (AvgIpc) is 2.50. The van der Waals surface area contributed by atoms with Gasteiger partial charge in [-0.05, 0) is 24.3 Å². The van der Waals surface area contributed by atoms with Crippen molar-refractivity contribution in [2.24, 2.45) is 10.3 Å². The van der Waals surface area contributed by atoms with E-state index in [1.54, 1.807) is 24.3 Å². The molecular weight excluding hydrogens is 323 g/mol. The number of nitrogens with zero attached hydrogens (tertiary/aromatic N) is 2. The van der Waals surface area contributed by atoms with Gasteiger partial charge in [-0.15, -0.1) is 0 Å². The van der Waals surface area contributed by atoms with Crippen LogP contribution >= 0.6 is 23.2 Å². The molecule has 0 spiro atoms. The minimum Gasteiger partial charge on any atom is -0.391 e. The topological polar surface area (TPSA) is 43.2 Å². The number of rotatable bonds is 2. The number of halogens is 2. The van der Waals surface area contributed by atoms with Crippen LogP contribution in [0.4, 0.5) is 0 Å². The molecule has 0 N–H and O–H groups in total. The summed E-state index contributed by atoms with van der Waals surface area (Å²) in [6, 6.07) is 14.6. The maximum absolute atomic E-state index is 5.94. The fraction of sp³-hybridized carbons (Fsp3) is 0.125. The molecule has 1 aliphatic heterocycles. The summed E-state index contributed by atoms with van der Waals surface area (Å²) in [5, 5.41) is 9.69. The molecule has 0 fully saturated rings. The second-order valence-electron chi connectivity index (χ2n) is 4.56. The van der Waals surface area contributed by atoms with Crippen LogP contribution in [-0.2, 0) is 9.68 Å². The predicted octanol–water partition coefficient (Wildman–Crippen LogP) is 4.15. The summed E-state index contributed by atoms with van der Waals surface area (Å²) in [7, 11) is 0. The van der Waals surface area contributed by atoms with Crippen LogP contribution in [0.5, 0.6) is 0 Å². The maximum atomic E-state index is 5.94. The average molecular weight is 335 g/mol. The van der Waals surface area contributed by atoms with Gasteiger partial charge in [0.05, 0.1) is 0 Å². The van der Waals surface area contributed by atoms with Gasteiger partial charge in [0.15, 0.2) is 13.2 Å². The smallest absolute Gasteiger partial charge is 0.153 e. The monoisotopic (exact) mass is 334 g/mol. The van der Waals surface area contributed by atoms with Crippen molar-refractivity contribution in [1.82, 2.24) is 0 Å². The molecule has 3 rings (SSSR count). The molecule has 0 bridgehead atoms. The lowest BCUT2D eigenvalue weighted by molar-refractivity contribution is 0.0515. The van der Waals surface area contributed by atoms with E-state index in [-0.39, 0.29) is 0 Å². The molecule has 0 saturated carbocycles. The fourth-order valence-electron chi connectivity index (χ4n) is 1.98. The molecule has 2 aromatic carbocycles. The summed E-state index contributed by atoms with van der Waals surface area (Å²) < 4.78 is 0. The van der Waals surface area contributed by atoms with E-state index >= 15 is 0 Å². The lowest BCUT2D eigenvalue weighted by atomic mass is 10.00. The zero-order valence-corrected chi connectivity index (χ0v) is 13.0. The summed E-state index contributed by atoms with van der Waals surface area (Å²) >= 11 is 11.9. The third kappa shape index (κ3) is 3.40. The molecule has 22 heavy (non-hydrogen) atoms. The molecule has 4 nitrogen and oxygen atoms in total. The molecule has 0 unspecified atom stereocenters. The molecule has 2 aromatic rings. The van der Waals surface area contributed by atoms with Crippen LogP contribution in [0.25, 0.3) is 0 Å². The lowest BCUT2D eigenvalue weighted by Crippen LogP contribution is -2.21. The van der Waals surface area contributed by atoms with E-state index in [1.165, 1.54) is 0 Å². The molecule has 0 atom stereocenters. The van der Waals surface area contributed by atoms with Crippen molar-refractivity contribution < 1.29 is 9.68 Å². The molecule has 0 aromatic heterocycles. The summed E-state index contributed by atoms with van der Waals surface area (Å²) in [5.74, 6) is 0. The lowest BCUT2D eigenvalue weighted by Gasteiger charge is -2.13. The fourth-order valence-corrected chi connectivity index (χ4v) is 2.23. The van der Waals surface area contributed by atoms with E-state index in [0.717, 1.165) is 11.1 Å². The van der Waals surface area contributed by atoms with E-state index in [2.05, 4.69) is 10.3 Å². The number of hydrogen-bond donors (Lipinski definition) is 0. The van der Waals surface area contributed by atoms with E-state index in [1.807, 2.05) is 24.3 Å². The Bertz CT molecular complexity index is 646. The second-order valence-corrected chi connectivity index (χ2v) is 5.43. The van der Waals surface area contributed by atoms with Crippen LogP contribution in [0.3, 0.4) is 0 Å². The SMILES string of the molecule is Clc1ccc(C2=N/OCCO/N=C\2c2ccc(Cl)cc2)cc1. The molecule has 0 aliphatic carbocycles. The van der Waals surface area contributed by atoms with Crippen molar-refractivity contribution in [3.05, 3.63) is 69.7 Å². The third-order valence-electron chi connectivity index (χ3n) is 3.04. The Kier molecular flexibility index (Phi) is 4.61. The highest BCUT2D eigenvalue weighted by molar-refractivity contribution is 6.53. The van der Waals surface area contributed by atoms with Gasteiger partial charge >= 0.3 is 0 Å². The molecule has 1 heterocycles. The van der Waals surface area contributed by atoms with Crippen LogP contribution in [-0.4, -0.2) is 24.6 Å². The zero-order chi connectivity index (χ0) is 15.4. The van der Waals surface area contributed by atoms with Crippen molar-refractivity contribution >= 4 is 34.6 Å². The van der Waals surface area contributed by atoms with Crippen molar-refractivity contribution in [2.45, 2.75) is 0 Å². The molecule has 0 amide bonds. The molecule has 0 saturated heterocycles. The Balaban J connectivity index is 2.05. The van der Waals surface area contributed by atoms with E-state index in [4.69, 9.17) is 32.9 Å². The van der Waals surface area contributed by atoms with Crippen molar-refractivity contribution in [3.63, 3.8) is 0 Å². The Hall–Kier alpha value is -2.04. The van der Waals surface area contributed by atoms with E-state index in [9.17, 15) is 0 Å². The molecule has 6 heteroatoms. The molecule has 0 radical (unpaired) electrons. The van der Waals surface area contributed by atoms with E-state index < -0.39 is 0 Å². The highest BCUT2D eigenvalue weighted by Crippen LogP contribution is 2.17. The van der Waals surface area contributed by atoms with Crippen molar-refractivity contribution in [2.75, 3.05) is 13.2 Å². The first-order chi connectivity index (χ1) is 10.7. The number of hydrogen-bond acceptors (Lipinski definition) is 4. The van der Waals surface area contributed by atoms with Gasteiger partial charge in [0.1, 0.15) is 11.4 Å². The van der Waals surface area contributed by atoms with Gasteiger partial charge in [-0.25, -0.2) is 0 Å². The normalized spacial score (nSPS) is 19.5. The highest BCUT2D eigenvalue weighted by atomic mass is 35.5. The first-order valence-corrected chi connectivity index (χ1v) is 7.42. The Morgan fingerprint density at radius 3 is 1.36 bits per heavy atom. The quantitative estimate of drug-likeness (QED) is 0.827. The summed E-state index contributed by atoms with van der Waals surface area (Å²) in [6.45, 7) is 0.684. The minimum absolute atomic E-state index is 0.342. The Morgan fingerprint density at radius 2 is 1.00 bits per heavy atom. The summed E-state index contributed by atoms with van der Waals surface area (Å²) in [5.41, 5.74) is 2.84. The van der Waals surface area contributed by atoms with Crippen LogP contribution in [0.1, 0.15) is 11.1 Å². The first kappa shape index (κ1) is 14.9. The number of oxime groups is 2. The Labute approximate surface area is 137 Å². The highest BCUT2D eigenvalue weighted by Gasteiger charge is 2.18. The second kappa shape index (κ2) is 6.81. The molecular formula is C16H12Cl2N2O2. The first-order valence-electron chi connectivity index (χ1n) is 6.66. The van der Waals surface area contributed by atoms with E-state index in [0.29, 0.717) is 34.7 Å². The van der Waals surface area contributed by atoms with Gasteiger partial charge in [-0.1, -0.05) is 57.8 Å². The van der Waals surface area contributed by atoms with Gasteiger partial charge < -0.3 is 9.68 Å². The standard InChI is InChI=1S/C16H12Cl2N2O2/c17-13-5-1-11(2-6-13)15-16(20-22-10-9-21-19-15)12-3-7-14(18)8-4-12/h1-8H,9-10H2/b19-15-,20-16-. The van der Waals surface area contributed by atoms with Crippen LogP contribution in [0.2, 0.25) is 10.0 Å². The third-order valence-corrected chi connectivity index (χ3v) is 3.54. The maximum Gasteiger partial charge on any atom is 0.153 e.